The molecule has 8 nitrogen and oxygen atoms in total. The van der Waals surface area contributed by atoms with Crippen molar-refractivity contribution in [2.45, 2.75) is 17.9 Å². The predicted octanol–water partition coefficient (Wildman–Crippen LogP) is 2.66. The van der Waals surface area contributed by atoms with Crippen molar-refractivity contribution in [1.29, 1.82) is 0 Å². The number of primary sulfonamides is 1. The first-order chi connectivity index (χ1) is 15.2. The number of ketones is 1. The summed E-state index contributed by atoms with van der Waals surface area (Å²) < 4.78 is 23.2. The number of aromatic nitrogens is 1. The van der Waals surface area contributed by atoms with Crippen molar-refractivity contribution in [3.05, 3.63) is 95.3 Å². The van der Waals surface area contributed by atoms with Crippen LogP contribution in [0.5, 0.6) is 0 Å². The van der Waals surface area contributed by atoms with Crippen molar-refractivity contribution < 1.29 is 23.1 Å². The summed E-state index contributed by atoms with van der Waals surface area (Å²) in [5, 5.41) is 16.2. The topological polar surface area (TPSA) is 131 Å². The van der Waals surface area contributed by atoms with E-state index in [4.69, 9.17) is 5.14 Å². The third-order valence-electron chi connectivity index (χ3n) is 5.21. The molecule has 3 aromatic rings. The SMILES string of the molecule is Cc1ccc(/C(O)=C2\C(=O)C(=O)N(c3ccc(S(N)(=O)=O)cc3)C2c2cccnc2)cc1. The number of aliphatic hydroxyl groups excluding tert-OH is 1. The van der Waals surface area contributed by atoms with Crippen LogP contribution >= 0.6 is 0 Å². The molecule has 3 N–H and O–H groups in total. The molecule has 1 fully saturated rings. The zero-order valence-electron chi connectivity index (χ0n) is 17.0. The van der Waals surface area contributed by atoms with Crippen molar-refractivity contribution in [2.24, 2.45) is 5.14 Å². The van der Waals surface area contributed by atoms with Gasteiger partial charge in [0.25, 0.3) is 11.7 Å². The Morgan fingerprint density at radius 2 is 1.69 bits per heavy atom. The quantitative estimate of drug-likeness (QED) is 0.358. The van der Waals surface area contributed by atoms with Gasteiger partial charge in [-0.25, -0.2) is 13.6 Å². The van der Waals surface area contributed by atoms with Gasteiger partial charge in [0.1, 0.15) is 5.76 Å². The lowest BCUT2D eigenvalue weighted by molar-refractivity contribution is -0.132. The summed E-state index contributed by atoms with van der Waals surface area (Å²) in [6.07, 6.45) is 3.06. The van der Waals surface area contributed by atoms with Crippen LogP contribution in [-0.4, -0.2) is 30.2 Å². The standard InChI is InChI=1S/C23H19N3O5S/c1-14-4-6-15(7-5-14)21(27)19-20(16-3-2-12-25-13-16)26(23(29)22(19)28)17-8-10-18(11-9-17)32(24,30)31/h2-13,20,27H,1H3,(H2,24,30,31)/b21-19+. The molecule has 4 rings (SSSR count). The van der Waals surface area contributed by atoms with Crippen molar-refractivity contribution in [1.82, 2.24) is 4.98 Å². The van der Waals surface area contributed by atoms with E-state index in [9.17, 15) is 23.1 Å². The second-order valence-electron chi connectivity index (χ2n) is 7.36. The summed E-state index contributed by atoms with van der Waals surface area (Å²) in [6, 6.07) is 14.6. The van der Waals surface area contributed by atoms with Crippen LogP contribution in [0, 0.1) is 6.92 Å². The maximum atomic E-state index is 13.0. The summed E-state index contributed by atoms with van der Waals surface area (Å²) in [6.45, 7) is 1.89. The Morgan fingerprint density at radius 3 is 2.25 bits per heavy atom. The predicted molar refractivity (Wildman–Crippen MR) is 118 cm³/mol. The van der Waals surface area contributed by atoms with Crippen molar-refractivity contribution in [3.63, 3.8) is 0 Å². The number of carbonyl (C=O) groups is 2. The summed E-state index contributed by atoms with van der Waals surface area (Å²) in [4.78, 5) is 31.2. The fourth-order valence-corrected chi connectivity index (χ4v) is 4.13. The second kappa shape index (κ2) is 8.03. The average molecular weight is 449 g/mol. The number of aliphatic hydroxyl groups is 1. The summed E-state index contributed by atoms with van der Waals surface area (Å²) in [5.74, 6) is -2.01. The molecule has 0 saturated carbocycles. The van der Waals surface area contributed by atoms with Crippen LogP contribution in [0.1, 0.15) is 22.7 Å². The van der Waals surface area contributed by atoms with Crippen molar-refractivity contribution in [2.75, 3.05) is 4.90 Å². The van der Waals surface area contributed by atoms with Gasteiger partial charge in [0.05, 0.1) is 16.5 Å². The Hall–Kier alpha value is -3.82. The van der Waals surface area contributed by atoms with E-state index in [-0.39, 0.29) is 21.9 Å². The number of aryl methyl sites for hydroxylation is 1. The number of Topliss-reactive ketones (excluding diaryl/α,β-unsaturated/α-hetero) is 1. The summed E-state index contributed by atoms with van der Waals surface area (Å²) in [5.41, 5.74) is 2.07. The highest BCUT2D eigenvalue weighted by Crippen LogP contribution is 2.42. The van der Waals surface area contributed by atoms with Crippen molar-refractivity contribution >= 4 is 33.2 Å². The molecule has 1 saturated heterocycles. The zero-order valence-corrected chi connectivity index (χ0v) is 17.8. The minimum absolute atomic E-state index is 0.0811. The molecule has 0 radical (unpaired) electrons. The largest absolute Gasteiger partial charge is 0.507 e. The molecule has 9 heteroatoms. The number of anilines is 1. The molecule has 1 atom stereocenters. The van der Waals surface area contributed by atoms with Gasteiger partial charge >= 0.3 is 0 Å². The fourth-order valence-electron chi connectivity index (χ4n) is 3.62. The third-order valence-corrected chi connectivity index (χ3v) is 6.14. The zero-order chi connectivity index (χ0) is 23.0. The number of amides is 1. The van der Waals surface area contributed by atoms with E-state index in [1.807, 2.05) is 6.92 Å². The van der Waals surface area contributed by atoms with E-state index < -0.39 is 27.8 Å². The van der Waals surface area contributed by atoms with Crippen LogP contribution in [0.4, 0.5) is 5.69 Å². The van der Waals surface area contributed by atoms with Crippen molar-refractivity contribution in [3.8, 4) is 0 Å². The number of benzene rings is 2. The average Bonchev–Trinajstić information content (AvgIpc) is 3.04. The van der Waals surface area contributed by atoms with Gasteiger partial charge < -0.3 is 5.11 Å². The van der Waals surface area contributed by atoms with Gasteiger partial charge in [-0.05, 0) is 42.8 Å². The first-order valence-corrected chi connectivity index (χ1v) is 11.1. The number of rotatable bonds is 4. The summed E-state index contributed by atoms with van der Waals surface area (Å²) in [7, 11) is -3.93. The highest BCUT2D eigenvalue weighted by atomic mass is 32.2. The summed E-state index contributed by atoms with van der Waals surface area (Å²) >= 11 is 0. The minimum Gasteiger partial charge on any atom is -0.507 e. The molecule has 1 aromatic heterocycles. The highest BCUT2D eigenvalue weighted by Gasteiger charge is 2.47. The number of nitrogens with two attached hydrogens (primary N) is 1. The lowest BCUT2D eigenvalue weighted by atomic mass is 9.96. The Bertz CT molecular complexity index is 1330. The molecule has 1 aliphatic heterocycles. The van der Waals surface area contributed by atoms with E-state index in [0.717, 1.165) is 5.56 Å². The Morgan fingerprint density at radius 1 is 1.03 bits per heavy atom. The number of hydrogen-bond acceptors (Lipinski definition) is 6. The molecule has 1 aliphatic rings. The monoisotopic (exact) mass is 449 g/mol. The number of pyridine rings is 1. The Balaban J connectivity index is 1.90. The second-order valence-corrected chi connectivity index (χ2v) is 8.92. The highest BCUT2D eigenvalue weighted by molar-refractivity contribution is 7.89. The number of carbonyl (C=O) groups excluding carboxylic acids is 2. The van der Waals surface area contributed by atoms with E-state index >= 15 is 0 Å². The molecule has 1 unspecified atom stereocenters. The normalized spacial score (nSPS) is 18.2. The van der Waals surface area contributed by atoms with Crippen LogP contribution < -0.4 is 10.0 Å². The van der Waals surface area contributed by atoms with Crippen LogP contribution in [0.3, 0.4) is 0 Å². The van der Waals surface area contributed by atoms with Gasteiger partial charge in [-0.3, -0.25) is 19.5 Å². The van der Waals surface area contributed by atoms with Crippen LogP contribution in [0.15, 0.2) is 83.5 Å². The van der Waals surface area contributed by atoms with Crippen LogP contribution in [0.2, 0.25) is 0 Å². The van der Waals surface area contributed by atoms with E-state index in [0.29, 0.717) is 11.1 Å². The van der Waals surface area contributed by atoms with Gasteiger partial charge in [0.2, 0.25) is 10.0 Å². The maximum Gasteiger partial charge on any atom is 0.300 e. The Kier molecular flexibility index (Phi) is 5.37. The van der Waals surface area contributed by atoms with Gasteiger partial charge in [-0.15, -0.1) is 0 Å². The lowest BCUT2D eigenvalue weighted by Crippen LogP contribution is -2.29. The lowest BCUT2D eigenvalue weighted by Gasteiger charge is -2.25. The molecule has 1 amide bonds. The number of nitrogens with zero attached hydrogens (tertiary/aromatic N) is 2. The molecule has 0 bridgehead atoms. The smallest absolute Gasteiger partial charge is 0.300 e. The molecule has 2 heterocycles. The van der Waals surface area contributed by atoms with Crippen LogP contribution in [-0.2, 0) is 19.6 Å². The number of sulfonamides is 1. The molecule has 0 aliphatic carbocycles. The van der Waals surface area contributed by atoms with Gasteiger partial charge in [0, 0.05) is 23.6 Å². The first kappa shape index (κ1) is 21.4. The molecule has 0 spiro atoms. The molecule has 162 valence electrons. The van der Waals surface area contributed by atoms with E-state index in [2.05, 4.69) is 4.98 Å². The minimum atomic E-state index is -3.93. The molecule has 2 aromatic carbocycles. The first-order valence-electron chi connectivity index (χ1n) is 9.59. The van der Waals surface area contributed by atoms with Crippen LogP contribution in [0.25, 0.3) is 5.76 Å². The number of hydrogen-bond donors (Lipinski definition) is 2. The molecule has 32 heavy (non-hydrogen) atoms. The fraction of sp³-hybridized carbons (Fsp3) is 0.0870. The van der Waals surface area contributed by atoms with E-state index in [1.165, 1.54) is 35.4 Å². The van der Waals surface area contributed by atoms with E-state index in [1.54, 1.807) is 42.6 Å². The van der Waals surface area contributed by atoms with Gasteiger partial charge in [0.15, 0.2) is 0 Å². The van der Waals surface area contributed by atoms with Gasteiger partial charge in [-0.2, -0.15) is 0 Å². The maximum absolute atomic E-state index is 13.0. The third kappa shape index (κ3) is 3.79. The molecular weight excluding hydrogens is 430 g/mol. The molecular formula is C23H19N3O5S. The Labute approximate surface area is 184 Å². The van der Waals surface area contributed by atoms with Gasteiger partial charge in [-0.1, -0.05) is 35.9 Å².